The SMILES string of the molecule is Fc1ccc2cc(-c3ccc(-c4ccc(N(c5ccccc5)c5ccccc5)cc4)cc3)c(-c3ccccc3)cc2c1.c1ccc(-c2cc3ccccc3cc2-c2ccc(N(c3ccccc3)c3ccccc3)c3ccccc23)cc1.c1ccc(-c2cc3ccccc3cc2-c2ccc3c(c2)oc2cc(N(c4ccccc4)c4ccccc4)ccc23)cc1. The molecular formula is C118H82FN3O. The number of anilines is 9. The lowest BCUT2D eigenvalue weighted by Crippen LogP contribution is -2.10. The lowest BCUT2D eigenvalue weighted by Gasteiger charge is -2.27. The standard InChI is InChI=1S/C40H28FN.C40H27NO.C38H27N/c41-35-23-20-33-27-39(40(28-34(33)26-35)31-10-4-1-5-11-31)32-18-16-29(17-19-32)30-21-24-38(25-22-30)42(36-12-6-2-7-13-36)37-14-8-3-9-15-37;1-4-12-28(13-5-1)37-24-29-14-10-11-15-30(29)25-38(37)31-20-22-35-36-23-21-34(27-40(36)42-39(35)26-31)41(32-16-6-2-7-17-32)33-18-8-3-9-19-33;1-4-14-28(15-5-1)36-26-29-16-10-11-17-30(29)27-37(36)34-24-25-38(35-23-13-12-22-33(34)35)39(31-18-6-2-7-19-31)32-20-8-3-9-21-32/h1-28H;1-27H;1-27H. The van der Waals surface area contributed by atoms with Gasteiger partial charge in [-0.15, -0.1) is 0 Å². The van der Waals surface area contributed by atoms with Crippen LogP contribution in [0.2, 0.25) is 0 Å². The second kappa shape index (κ2) is 34.4. The third kappa shape index (κ3) is 15.8. The average molecular weight is 1580 g/mol. The van der Waals surface area contributed by atoms with Crippen molar-refractivity contribution < 1.29 is 8.81 Å². The molecular weight excluding hydrogens is 1490 g/mol. The molecule has 1 heterocycles. The Balaban J connectivity index is 0.000000117. The summed E-state index contributed by atoms with van der Waals surface area (Å²) in [7, 11) is 0. The molecule has 0 aliphatic heterocycles. The summed E-state index contributed by atoms with van der Waals surface area (Å²) in [5.74, 6) is -0.222. The molecule has 0 N–H and O–H groups in total. The number of nitrogens with zero attached hydrogens (tertiary/aromatic N) is 3. The summed E-state index contributed by atoms with van der Waals surface area (Å²) in [5, 5.41) is 11.6. The van der Waals surface area contributed by atoms with Crippen LogP contribution in [0.15, 0.2) is 502 Å². The Morgan fingerprint density at radius 2 is 0.447 bits per heavy atom. The van der Waals surface area contributed by atoms with Crippen molar-refractivity contribution in [2.45, 2.75) is 0 Å². The maximum atomic E-state index is 14.0. The molecule has 5 heteroatoms. The quantitative estimate of drug-likeness (QED) is 0.0962. The molecule has 22 aromatic rings. The highest BCUT2D eigenvalue weighted by molar-refractivity contribution is 6.11. The molecule has 582 valence electrons. The molecule has 0 fully saturated rings. The first-order valence-corrected chi connectivity index (χ1v) is 41.8. The molecule has 0 atom stereocenters. The summed E-state index contributed by atoms with van der Waals surface area (Å²) in [5.41, 5.74) is 28.3. The van der Waals surface area contributed by atoms with Gasteiger partial charge in [-0.3, -0.25) is 0 Å². The van der Waals surface area contributed by atoms with Gasteiger partial charge in [-0.05, 0) is 279 Å². The summed E-state index contributed by atoms with van der Waals surface area (Å²) in [6.45, 7) is 0. The lowest BCUT2D eigenvalue weighted by atomic mass is 9.88. The van der Waals surface area contributed by atoms with Crippen LogP contribution in [0.1, 0.15) is 0 Å². The minimum absolute atomic E-state index is 0.222. The van der Waals surface area contributed by atoms with Crippen molar-refractivity contribution in [1.29, 1.82) is 0 Å². The number of hydrogen-bond acceptors (Lipinski definition) is 4. The molecule has 123 heavy (non-hydrogen) atoms. The van der Waals surface area contributed by atoms with E-state index < -0.39 is 0 Å². The molecule has 0 unspecified atom stereocenters. The molecule has 4 nitrogen and oxygen atoms in total. The van der Waals surface area contributed by atoms with E-state index in [0.717, 1.165) is 123 Å². The molecule has 0 spiro atoms. The largest absolute Gasteiger partial charge is 0.456 e. The van der Waals surface area contributed by atoms with Crippen molar-refractivity contribution >= 4 is 116 Å². The fourth-order valence-electron chi connectivity index (χ4n) is 17.2. The van der Waals surface area contributed by atoms with E-state index in [2.05, 4.69) is 451 Å². The molecule has 0 saturated carbocycles. The van der Waals surface area contributed by atoms with Gasteiger partial charge in [0.1, 0.15) is 17.0 Å². The number of para-hydroxylation sites is 6. The molecule has 0 saturated heterocycles. The Labute approximate surface area is 716 Å². The van der Waals surface area contributed by atoms with Crippen LogP contribution in [-0.4, -0.2) is 0 Å². The van der Waals surface area contributed by atoms with Gasteiger partial charge in [0.2, 0.25) is 0 Å². The zero-order valence-electron chi connectivity index (χ0n) is 67.5. The zero-order valence-corrected chi connectivity index (χ0v) is 67.5. The van der Waals surface area contributed by atoms with Gasteiger partial charge in [0.15, 0.2) is 0 Å². The number of furan rings is 1. The monoisotopic (exact) mass is 1580 g/mol. The van der Waals surface area contributed by atoms with Crippen LogP contribution in [0.3, 0.4) is 0 Å². The van der Waals surface area contributed by atoms with Crippen molar-refractivity contribution in [3.05, 3.63) is 503 Å². The maximum Gasteiger partial charge on any atom is 0.137 e. The van der Waals surface area contributed by atoms with Gasteiger partial charge in [0.05, 0.1) is 5.69 Å². The van der Waals surface area contributed by atoms with E-state index >= 15 is 0 Å². The van der Waals surface area contributed by atoms with Gasteiger partial charge >= 0.3 is 0 Å². The summed E-state index contributed by atoms with van der Waals surface area (Å²) in [6, 6.07) is 174. The van der Waals surface area contributed by atoms with Crippen LogP contribution >= 0.6 is 0 Å². The number of hydrogen-bond donors (Lipinski definition) is 0. The fraction of sp³-hybridized carbons (Fsp3) is 0. The summed E-state index contributed by atoms with van der Waals surface area (Å²) in [4.78, 5) is 6.88. The Morgan fingerprint density at radius 1 is 0.154 bits per heavy atom. The van der Waals surface area contributed by atoms with E-state index in [4.69, 9.17) is 4.42 Å². The van der Waals surface area contributed by atoms with Crippen molar-refractivity contribution in [2.75, 3.05) is 14.7 Å². The first-order valence-electron chi connectivity index (χ1n) is 41.8. The van der Waals surface area contributed by atoms with Crippen molar-refractivity contribution in [2.24, 2.45) is 0 Å². The molecule has 22 rings (SSSR count). The smallest absolute Gasteiger partial charge is 0.137 e. The second-order valence-corrected chi connectivity index (χ2v) is 30.8. The summed E-state index contributed by atoms with van der Waals surface area (Å²) < 4.78 is 20.6. The third-order valence-corrected chi connectivity index (χ3v) is 23.2. The van der Waals surface area contributed by atoms with E-state index in [1.807, 2.05) is 48.5 Å². The number of halogens is 1. The molecule has 0 radical (unpaired) electrons. The molecule has 0 bridgehead atoms. The van der Waals surface area contributed by atoms with E-state index in [9.17, 15) is 4.39 Å². The first-order chi connectivity index (χ1) is 60.9. The van der Waals surface area contributed by atoms with Crippen LogP contribution < -0.4 is 14.7 Å². The van der Waals surface area contributed by atoms with Crippen LogP contribution in [0.5, 0.6) is 0 Å². The Bertz CT molecular complexity index is 7330. The van der Waals surface area contributed by atoms with Crippen molar-refractivity contribution in [3.63, 3.8) is 0 Å². The van der Waals surface area contributed by atoms with E-state index in [1.54, 1.807) is 6.07 Å². The molecule has 0 aliphatic carbocycles. The number of benzene rings is 21. The second-order valence-electron chi connectivity index (χ2n) is 30.8. The fourth-order valence-corrected chi connectivity index (χ4v) is 17.2. The van der Waals surface area contributed by atoms with Crippen molar-refractivity contribution in [3.8, 4) is 77.9 Å². The molecule has 21 aromatic carbocycles. The number of rotatable bonds is 16. The van der Waals surface area contributed by atoms with Gasteiger partial charge in [-0.1, -0.05) is 328 Å². The highest BCUT2D eigenvalue weighted by Crippen LogP contribution is 2.48. The van der Waals surface area contributed by atoms with Gasteiger partial charge in [0, 0.05) is 67.7 Å². The third-order valence-electron chi connectivity index (χ3n) is 23.2. The van der Waals surface area contributed by atoms with Gasteiger partial charge in [-0.25, -0.2) is 4.39 Å². The minimum Gasteiger partial charge on any atom is -0.456 e. The normalized spacial score (nSPS) is 11.1. The average Bonchev–Trinajstić information content (AvgIpc) is 1.63. The topological polar surface area (TPSA) is 22.9 Å². The van der Waals surface area contributed by atoms with Crippen LogP contribution in [0.4, 0.5) is 55.6 Å². The summed E-state index contributed by atoms with van der Waals surface area (Å²) in [6.07, 6.45) is 0. The van der Waals surface area contributed by atoms with Crippen LogP contribution in [0, 0.1) is 5.82 Å². The van der Waals surface area contributed by atoms with Gasteiger partial charge in [0.25, 0.3) is 0 Å². The predicted molar refractivity (Wildman–Crippen MR) is 519 cm³/mol. The van der Waals surface area contributed by atoms with Crippen LogP contribution in [-0.2, 0) is 0 Å². The number of fused-ring (bicyclic) bond motifs is 7. The molecule has 1 aromatic heterocycles. The predicted octanol–water partition coefficient (Wildman–Crippen LogP) is 33.8. The Morgan fingerprint density at radius 3 is 0.894 bits per heavy atom. The zero-order chi connectivity index (χ0) is 82.2. The van der Waals surface area contributed by atoms with Crippen molar-refractivity contribution in [1.82, 2.24) is 0 Å². The van der Waals surface area contributed by atoms with Gasteiger partial charge in [-0.2, -0.15) is 0 Å². The summed E-state index contributed by atoms with van der Waals surface area (Å²) >= 11 is 0. The minimum atomic E-state index is -0.222. The van der Waals surface area contributed by atoms with E-state index in [0.29, 0.717) is 0 Å². The highest BCUT2D eigenvalue weighted by Gasteiger charge is 2.23. The van der Waals surface area contributed by atoms with Gasteiger partial charge < -0.3 is 19.1 Å². The first kappa shape index (κ1) is 75.5. The van der Waals surface area contributed by atoms with Crippen LogP contribution in [0.25, 0.3) is 143 Å². The highest BCUT2D eigenvalue weighted by atomic mass is 19.1. The van der Waals surface area contributed by atoms with E-state index in [1.165, 1.54) is 77.3 Å². The van der Waals surface area contributed by atoms with E-state index in [-0.39, 0.29) is 5.82 Å². The maximum absolute atomic E-state index is 14.0. The Hall–Kier alpha value is -16.2. The lowest BCUT2D eigenvalue weighted by molar-refractivity contribution is 0.630. The Kier molecular flexibility index (Phi) is 21.1. The molecule has 0 aliphatic rings. The molecule has 0 amide bonds.